The molecule has 0 heterocycles. The van der Waals surface area contributed by atoms with Crippen LogP contribution in [-0.2, 0) is 0 Å². The van der Waals surface area contributed by atoms with Crippen LogP contribution in [0.5, 0.6) is 0 Å². The van der Waals surface area contributed by atoms with Gasteiger partial charge < -0.3 is 0 Å². The first-order chi connectivity index (χ1) is 5.20. The molecule has 0 radical (unpaired) electrons. The van der Waals surface area contributed by atoms with Gasteiger partial charge in [-0.1, -0.05) is 40.6 Å². The number of hydrogen-bond donors (Lipinski definition) is 0. The van der Waals surface area contributed by atoms with Crippen molar-refractivity contribution in [1.82, 2.24) is 0 Å². The minimum Gasteiger partial charge on any atom is -0.0865 e. The van der Waals surface area contributed by atoms with Crippen LogP contribution in [0.15, 0.2) is 34.9 Å². The van der Waals surface area contributed by atoms with Gasteiger partial charge in [-0.3, -0.25) is 0 Å². The minimum atomic E-state index is 0.770. The highest BCUT2D eigenvalue weighted by Crippen LogP contribution is 2.09. The topological polar surface area (TPSA) is 0 Å². The van der Waals surface area contributed by atoms with Gasteiger partial charge in [0, 0.05) is 26.0 Å². The molecular formula is C9H8Br2. The molecule has 0 unspecified atom stereocenters. The van der Waals surface area contributed by atoms with Crippen molar-refractivity contribution in [2.75, 3.05) is 0 Å². The Hall–Kier alpha value is -0.260. The van der Waals surface area contributed by atoms with Crippen molar-refractivity contribution in [3.05, 3.63) is 34.9 Å². The van der Waals surface area contributed by atoms with E-state index in [1.165, 1.54) is 0 Å². The van der Waals surface area contributed by atoms with Crippen molar-refractivity contribution >= 4 is 31.9 Å². The summed E-state index contributed by atoms with van der Waals surface area (Å²) in [5.41, 5.74) is 0.770. The fourth-order valence-corrected chi connectivity index (χ4v) is 1.27. The second kappa shape index (κ2) is 6.45. The van der Waals surface area contributed by atoms with E-state index in [1.54, 1.807) is 0 Å². The van der Waals surface area contributed by atoms with E-state index < -0.39 is 0 Å². The summed E-state index contributed by atoms with van der Waals surface area (Å²) in [6.45, 7) is 5.68. The van der Waals surface area contributed by atoms with E-state index in [9.17, 15) is 0 Å². The van der Waals surface area contributed by atoms with Crippen molar-refractivity contribution < 1.29 is 0 Å². The number of halogens is 2. The first kappa shape index (κ1) is 10.7. The smallest absolute Gasteiger partial charge is 0.0193 e. The van der Waals surface area contributed by atoms with Crippen LogP contribution in [0, 0.1) is 10.8 Å². The molecule has 0 fully saturated rings. The molecule has 2 heteroatoms. The monoisotopic (exact) mass is 274 g/mol. The molecule has 0 nitrogen and oxygen atoms in total. The zero-order chi connectivity index (χ0) is 8.69. The quantitative estimate of drug-likeness (QED) is 0.532. The minimum absolute atomic E-state index is 0.770. The van der Waals surface area contributed by atoms with E-state index in [2.05, 4.69) is 49.2 Å². The van der Waals surface area contributed by atoms with Crippen LogP contribution in [0.25, 0.3) is 0 Å². The highest BCUT2D eigenvalue weighted by molar-refractivity contribution is 9.12. The zero-order valence-electron chi connectivity index (χ0n) is 6.20. The van der Waals surface area contributed by atoms with Gasteiger partial charge >= 0.3 is 0 Å². The van der Waals surface area contributed by atoms with Gasteiger partial charge in [0.2, 0.25) is 0 Å². The van der Waals surface area contributed by atoms with Gasteiger partial charge in [0.25, 0.3) is 0 Å². The highest BCUT2D eigenvalue weighted by atomic mass is 79.9. The van der Waals surface area contributed by atoms with E-state index in [0.29, 0.717) is 0 Å². The molecule has 0 aromatic heterocycles. The maximum atomic E-state index is 3.72. The summed E-state index contributed by atoms with van der Waals surface area (Å²) >= 11 is 6.33. The van der Waals surface area contributed by atoms with Crippen LogP contribution in [0.3, 0.4) is 0 Å². The third-order valence-corrected chi connectivity index (χ3v) is 1.54. The van der Waals surface area contributed by atoms with Gasteiger partial charge in [-0.25, -0.2) is 0 Å². The van der Waals surface area contributed by atoms with Crippen LogP contribution in [-0.4, -0.2) is 0 Å². The van der Waals surface area contributed by atoms with E-state index in [4.69, 9.17) is 0 Å². The molecule has 0 saturated carbocycles. The number of rotatable bonds is 2. The van der Waals surface area contributed by atoms with Crippen LogP contribution in [0.2, 0.25) is 0 Å². The van der Waals surface area contributed by atoms with Crippen molar-refractivity contribution in [3.8, 4) is 10.8 Å². The van der Waals surface area contributed by atoms with Crippen molar-refractivity contribution in [2.45, 2.75) is 6.92 Å². The summed E-state index contributed by atoms with van der Waals surface area (Å²) < 4.78 is 0.972. The Morgan fingerprint density at radius 2 is 2.18 bits per heavy atom. The summed E-state index contributed by atoms with van der Waals surface area (Å²) in [6.07, 6.45) is 5.73. The summed E-state index contributed by atoms with van der Waals surface area (Å²) in [6, 6.07) is 0. The predicted octanol–water partition coefficient (Wildman–Crippen LogP) is 3.75. The first-order valence-electron chi connectivity index (χ1n) is 3.01. The van der Waals surface area contributed by atoms with Gasteiger partial charge in [-0.2, -0.15) is 0 Å². The van der Waals surface area contributed by atoms with Crippen LogP contribution < -0.4 is 0 Å². The molecule has 0 atom stereocenters. The Kier molecular flexibility index (Phi) is 6.30. The van der Waals surface area contributed by atoms with Crippen molar-refractivity contribution in [1.29, 1.82) is 0 Å². The van der Waals surface area contributed by atoms with Crippen LogP contribution in [0.4, 0.5) is 0 Å². The van der Waals surface area contributed by atoms with Gasteiger partial charge in [0.1, 0.15) is 0 Å². The maximum Gasteiger partial charge on any atom is 0.0193 e. The van der Waals surface area contributed by atoms with Gasteiger partial charge in [-0.15, -0.1) is 0 Å². The third kappa shape index (κ3) is 6.15. The second-order valence-electron chi connectivity index (χ2n) is 1.77. The van der Waals surface area contributed by atoms with Gasteiger partial charge in [0.15, 0.2) is 0 Å². The van der Waals surface area contributed by atoms with Crippen molar-refractivity contribution in [3.63, 3.8) is 0 Å². The van der Waals surface area contributed by atoms with Crippen LogP contribution >= 0.6 is 31.9 Å². The average Bonchev–Trinajstić information content (AvgIpc) is 1.87. The number of hydrogen-bond acceptors (Lipinski definition) is 0. The molecule has 0 N–H and O–H groups in total. The van der Waals surface area contributed by atoms with Gasteiger partial charge in [-0.05, 0) is 17.8 Å². The lowest BCUT2D eigenvalue weighted by Gasteiger charge is -1.87. The second-order valence-corrected chi connectivity index (χ2v) is 3.09. The lowest BCUT2D eigenvalue weighted by atomic mass is 10.3. The van der Waals surface area contributed by atoms with Crippen molar-refractivity contribution in [2.24, 2.45) is 0 Å². The standard InChI is InChI=1S/C9H8Br2/c1-3-4-9(11)7-8(2)5-6-10/h3-4,7H,2H2,1H3/b4-3-,9-7+. The highest BCUT2D eigenvalue weighted by Gasteiger charge is 1.84. The molecule has 0 aliphatic rings. The lowest BCUT2D eigenvalue weighted by Crippen LogP contribution is -1.68. The van der Waals surface area contributed by atoms with Crippen LogP contribution in [0.1, 0.15) is 6.92 Å². The van der Waals surface area contributed by atoms with E-state index in [-0.39, 0.29) is 0 Å². The third-order valence-electron chi connectivity index (χ3n) is 0.846. The fourth-order valence-electron chi connectivity index (χ4n) is 0.471. The molecule has 0 aromatic carbocycles. The fraction of sp³-hybridized carbons (Fsp3) is 0.111. The largest absolute Gasteiger partial charge is 0.0865 e. The van der Waals surface area contributed by atoms with E-state index >= 15 is 0 Å². The molecule has 0 rings (SSSR count). The number of allylic oxidation sites excluding steroid dienone is 5. The molecule has 0 spiro atoms. The Labute approximate surface area is 84.3 Å². The Balaban J connectivity index is 4.27. The summed E-state index contributed by atoms with van der Waals surface area (Å²) in [7, 11) is 0. The molecule has 0 aliphatic carbocycles. The summed E-state index contributed by atoms with van der Waals surface area (Å²) in [4.78, 5) is 2.59. The maximum absolute atomic E-state index is 3.72. The zero-order valence-corrected chi connectivity index (χ0v) is 9.37. The molecule has 0 saturated heterocycles. The molecule has 0 aliphatic heterocycles. The summed E-state index contributed by atoms with van der Waals surface area (Å²) in [5.74, 6) is 2.77. The Bertz CT molecular complexity index is 248. The predicted molar refractivity (Wildman–Crippen MR) is 57.7 cm³/mol. The molecule has 0 amide bonds. The Morgan fingerprint density at radius 3 is 2.64 bits per heavy atom. The molecule has 11 heavy (non-hydrogen) atoms. The normalized spacial score (nSPS) is 11.0. The van der Waals surface area contributed by atoms with E-state index in [1.807, 2.05) is 25.2 Å². The summed E-state index contributed by atoms with van der Waals surface area (Å²) in [5, 5.41) is 0. The lowest BCUT2D eigenvalue weighted by molar-refractivity contribution is 1.70. The van der Waals surface area contributed by atoms with E-state index in [0.717, 1.165) is 10.1 Å². The SMILES string of the molecule is C=C(C#CBr)/C=C(Br)\C=C/C. The first-order valence-corrected chi connectivity index (χ1v) is 4.59. The molecule has 0 aromatic rings. The molecule has 58 valence electrons. The molecule has 0 bridgehead atoms. The van der Waals surface area contributed by atoms with Gasteiger partial charge in [0.05, 0.1) is 0 Å². The average molecular weight is 276 g/mol. The molecular weight excluding hydrogens is 268 g/mol. The Morgan fingerprint density at radius 1 is 1.55 bits per heavy atom.